The number of nitrogens with one attached hydrogen (secondary N) is 2. The first-order chi connectivity index (χ1) is 23.7. The molecular weight excluding hydrogens is 700 g/mol. The van der Waals surface area contributed by atoms with E-state index in [-0.39, 0.29) is 52.9 Å². The second kappa shape index (κ2) is 13.6. The Labute approximate surface area is 293 Å². The van der Waals surface area contributed by atoms with Crippen LogP contribution in [0.1, 0.15) is 74.1 Å². The third-order valence-electron chi connectivity index (χ3n) is 8.38. The van der Waals surface area contributed by atoms with Crippen molar-refractivity contribution in [2.24, 2.45) is 10.4 Å². The van der Waals surface area contributed by atoms with Crippen molar-refractivity contribution in [3.8, 4) is 16.1 Å². The molecule has 2 aromatic carbocycles. The summed E-state index contributed by atoms with van der Waals surface area (Å²) < 4.78 is 63.9. The Kier molecular flexibility index (Phi) is 9.61. The zero-order valence-electron chi connectivity index (χ0n) is 27.2. The van der Waals surface area contributed by atoms with Crippen LogP contribution in [0.15, 0.2) is 65.5 Å². The molecule has 264 valence electrons. The number of carbonyl (C=O) groups is 2. The van der Waals surface area contributed by atoms with Gasteiger partial charge >= 0.3 is 12.3 Å². The van der Waals surface area contributed by atoms with Gasteiger partial charge in [-0.25, -0.2) is 18.9 Å². The zero-order valence-corrected chi connectivity index (χ0v) is 28.7. The molecule has 50 heavy (non-hydrogen) atoms. The summed E-state index contributed by atoms with van der Waals surface area (Å²) in [6.45, 7) is 5.53. The summed E-state index contributed by atoms with van der Waals surface area (Å²) in [4.78, 5) is 42.4. The maximum Gasteiger partial charge on any atom is 0.411 e. The van der Waals surface area contributed by atoms with E-state index in [1.807, 2.05) is 26.1 Å². The van der Waals surface area contributed by atoms with E-state index in [4.69, 9.17) is 16.3 Å². The lowest BCUT2D eigenvalue weighted by Crippen LogP contribution is -2.51. The lowest BCUT2D eigenvalue weighted by atomic mass is 9.92. The molecule has 0 spiro atoms. The number of amides is 2. The number of benzene rings is 2. The summed E-state index contributed by atoms with van der Waals surface area (Å²) >= 11 is 7.95. The van der Waals surface area contributed by atoms with Crippen molar-refractivity contribution in [3.05, 3.63) is 82.5 Å². The monoisotopic (exact) mass is 732 g/mol. The van der Waals surface area contributed by atoms with Crippen LogP contribution in [-0.4, -0.2) is 67.5 Å². The number of alkyl halides is 4. The highest BCUT2D eigenvalue weighted by atomic mass is 35.5. The topological polar surface area (TPSA) is 127 Å². The minimum atomic E-state index is -4.68. The molecule has 2 atom stereocenters. The van der Waals surface area contributed by atoms with E-state index in [0.717, 1.165) is 21.7 Å². The van der Waals surface area contributed by atoms with Gasteiger partial charge in [0.2, 0.25) is 12.3 Å². The molecule has 2 bridgehead atoms. The van der Waals surface area contributed by atoms with E-state index in [1.165, 1.54) is 28.2 Å². The Morgan fingerprint density at radius 2 is 1.90 bits per heavy atom. The molecule has 1 fully saturated rings. The number of rotatable bonds is 7. The van der Waals surface area contributed by atoms with Crippen LogP contribution in [0, 0.1) is 5.41 Å². The summed E-state index contributed by atoms with van der Waals surface area (Å²) in [5.41, 5.74) is 0.655. The molecule has 0 saturated heterocycles. The smallest absolute Gasteiger partial charge is 0.411 e. The van der Waals surface area contributed by atoms with Crippen molar-refractivity contribution < 1.29 is 31.9 Å². The van der Waals surface area contributed by atoms with Gasteiger partial charge in [-0.1, -0.05) is 50.6 Å². The van der Waals surface area contributed by atoms with Crippen molar-refractivity contribution in [1.29, 1.82) is 0 Å². The van der Waals surface area contributed by atoms with Crippen molar-refractivity contribution >= 4 is 40.9 Å². The Morgan fingerprint density at radius 3 is 2.54 bits per heavy atom. The predicted octanol–water partition coefficient (Wildman–Crippen LogP) is 7.41. The fraction of sp³-hybridized carbons (Fsp3) is 0.394. The highest BCUT2D eigenvalue weighted by Gasteiger charge is 2.64. The first-order valence-corrected chi connectivity index (χ1v) is 16.9. The normalized spacial score (nSPS) is 19.4. The van der Waals surface area contributed by atoms with Gasteiger partial charge < -0.3 is 15.4 Å². The van der Waals surface area contributed by atoms with Gasteiger partial charge in [0.05, 0.1) is 27.1 Å². The molecule has 1 aliphatic heterocycles. The average molecular weight is 733 g/mol. The van der Waals surface area contributed by atoms with Crippen molar-refractivity contribution in [1.82, 2.24) is 35.3 Å². The van der Waals surface area contributed by atoms with Crippen LogP contribution in [0.25, 0.3) is 16.1 Å². The third kappa shape index (κ3) is 7.45. The molecule has 2 amide bonds. The van der Waals surface area contributed by atoms with Crippen molar-refractivity contribution in [2.45, 2.75) is 64.1 Å². The molecule has 4 aromatic rings. The summed E-state index contributed by atoms with van der Waals surface area (Å²) in [6, 6.07) is 10.0. The zero-order chi connectivity index (χ0) is 35.8. The number of fused-ring (bicyclic) bond motifs is 4. The quantitative estimate of drug-likeness (QED) is 0.150. The number of halogens is 5. The highest BCUT2D eigenvalue weighted by Crippen LogP contribution is 2.49. The Morgan fingerprint density at radius 1 is 1.16 bits per heavy atom. The lowest BCUT2D eigenvalue weighted by Gasteiger charge is -2.35. The standard InChI is InChI=1S/C33H33ClF4N8O3S/c1-31(2,3)12-13-40-29-43-26(35)27-41-17-42-46(27)23-14-21(8-9-22(23)34)24(16-49-30(48)44-32(10-11-32)33(36,37)38)45(29)28(47)20-6-4-19(5-7-20)25-15-39-18-50-25/h4-9,14-15,17-18,24,26H,10-13,16H2,1-3H3,(H,40,43)(H,44,48)/t24-,26?/m1/s1. The second-order valence-corrected chi connectivity index (χ2v) is 14.5. The van der Waals surface area contributed by atoms with Gasteiger partial charge in [-0.2, -0.15) is 18.3 Å². The van der Waals surface area contributed by atoms with Gasteiger partial charge in [-0.15, -0.1) is 11.3 Å². The van der Waals surface area contributed by atoms with Gasteiger partial charge in [0.1, 0.15) is 18.5 Å². The van der Waals surface area contributed by atoms with Crippen LogP contribution in [0.5, 0.6) is 0 Å². The van der Waals surface area contributed by atoms with Crippen molar-refractivity contribution in [3.63, 3.8) is 0 Å². The third-order valence-corrected chi connectivity index (χ3v) is 9.52. The van der Waals surface area contributed by atoms with Crippen LogP contribution in [0.4, 0.5) is 22.4 Å². The molecular formula is C33H33ClF4N8O3S. The molecule has 2 N–H and O–H groups in total. The fourth-order valence-electron chi connectivity index (χ4n) is 5.34. The van der Waals surface area contributed by atoms with E-state index in [1.54, 1.807) is 42.0 Å². The minimum Gasteiger partial charge on any atom is -0.447 e. The molecule has 11 nitrogen and oxygen atoms in total. The van der Waals surface area contributed by atoms with Crippen LogP contribution in [0.3, 0.4) is 0 Å². The maximum absolute atomic E-state index is 16.3. The number of aliphatic imine (C=N–C) groups is 1. The number of guanidine groups is 1. The number of aromatic nitrogens is 4. The second-order valence-electron chi connectivity index (χ2n) is 13.2. The van der Waals surface area contributed by atoms with E-state index in [0.29, 0.717) is 12.0 Å². The maximum atomic E-state index is 16.3. The molecule has 2 aliphatic rings. The SMILES string of the molecule is CC(C)(C)CCN=C1NC(F)c2ncnn2-c2cc(ccc2Cl)[C@@H](COC(=O)NC2(C(F)(F)F)CC2)N1C(=O)c1ccc(-c2cncs2)cc1. The molecule has 0 radical (unpaired) electrons. The summed E-state index contributed by atoms with van der Waals surface area (Å²) in [6.07, 6.45) is -5.25. The van der Waals surface area contributed by atoms with Gasteiger partial charge in [0.25, 0.3) is 5.91 Å². The van der Waals surface area contributed by atoms with E-state index in [2.05, 4.69) is 25.4 Å². The van der Waals surface area contributed by atoms with E-state index in [9.17, 15) is 22.8 Å². The number of carbonyl (C=O) groups excluding carboxylic acids is 2. The number of hydrogen-bond donors (Lipinski definition) is 2. The predicted molar refractivity (Wildman–Crippen MR) is 179 cm³/mol. The van der Waals surface area contributed by atoms with Crippen LogP contribution >= 0.6 is 22.9 Å². The van der Waals surface area contributed by atoms with Gasteiger partial charge in [-0.05, 0) is 60.1 Å². The molecule has 1 aliphatic carbocycles. The Balaban J connectivity index is 1.45. The first kappa shape index (κ1) is 35.3. The largest absolute Gasteiger partial charge is 0.447 e. The van der Waals surface area contributed by atoms with Crippen LogP contribution in [0.2, 0.25) is 5.02 Å². The summed E-state index contributed by atoms with van der Waals surface area (Å²) in [7, 11) is 0. The van der Waals surface area contributed by atoms with Gasteiger partial charge in [0, 0.05) is 18.3 Å². The molecule has 1 unspecified atom stereocenters. The number of hydrogen-bond acceptors (Lipinski definition) is 8. The molecule has 6 rings (SSSR count). The van der Waals surface area contributed by atoms with Crippen LogP contribution in [-0.2, 0) is 4.74 Å². The van der Waals surface area contributed by atoms with Crippen LogP contribution < -0.4 is 10.6 Å². The fourth-order valence-corrected chi connectivity index (χ4v) is 6.17. The molecule has 3 heterocycles. The first-order valence-electron chi connectivity index (χ1n) is 15.6. The molecule has 1 saturated carbocycles. The van der Waals surface area contributed by atoms with Gasteiger partial charge in [0.15, 0.2) is 5.82 Å². The van der Waals surface area contributed by atoms with E-state index < -0.39 is 42.7 Å². The number of ether oxygens (including phenoxy) is 1. The average Bonchev–Trinajstić information content (AvgIpc) is 3.43. The molecule has 17 heteroatoms. The minimum absolute atomic E-state index is 0.160. The number of thiazole rings is 1. The number of alkyl carbamates (subject to hydrolysis) is 1. The van der Waals surface area contributed by atoms with Gasteiger partial charge in [-0.3, -0.25) is 19.7 Å². The molecule has 2 aromatic heterocycles. The Hall–Kier alpha value is -4.57. The summed E-state index contributed by atoms with van der Waals surface area (Å²) in [5.74, 6) is -1.05. The Bertz CT molecular complexity index is 1890. The van der Waals surface area contributed by atoms with Crippen molar-refractivity contribution in [2.75, 3.05) is 13.2 Å². The highest BCUT2D eigenvalue weighted by molar-refractivity contribution is 7.13. The van der Waals surface area contributed by atoms with E-state index >= 15 is 4.39 Å². The number of nitrogens with zero attached hydrogens (tertiary/aromatic N) is 6. The summed E-state index contributed by atoms with van der Waals surface area (Å²) in [5, 5.41) is 8.94. The lowest BCUT2D eigenvalue weighted by molar-refractivity contribution is -0.164.